The molecule has 0 aromatic heterocycles. The number of nitrogens with two attached hydrogens (primary N) is 1. The summed E-state index contributed by atoms with van der Waals surface area (Å²) in [4.78, 5) is 0. The van der Waals surface area contributed by atoms with Crippen molar-refractivity contribution in [2.24, 2.45) is 0 Å². The number of halogens is 1. The van der Waals surface area contributed by atoms with Crippen LogP contribution in [0.3, 0.4) is 0 Å². The van der Waals surface area contributed by atoms with Crippen molar-refractivity contribution in [1.82, 2.24) is 0 Å². The van der Waals surface area contributed by atoms with E-state index in [1.807, 2.05) is 19.1 Å². The highest BCUT2D eigenvalue weighted by Gasteiger charge is 2.01. The average Bonchev–Trinajstić information content (AvgIpc) is 2.09. The number of hydrogen-bond donors (Lipinski definition) is 2. The Morgan fingerprint density at radius 2 is 2.31 bits per heavy atom. The lowest BCUT2D eigenvalue weighted by Gasteiger charge is -2.09. The fourth-order valence-corrected chi connectivity index (χ4v) is 1.24. The molecule has 0 bridgehead atoms. The summed E-state index contributed by atoms with van der Waals surface area (Å²) in [6.07, 6.45) is 1.80. The lowest BCUT2D eigenvalue weighted by molar-refractivity contribution is 1.31. The fraction of sp³-hybridized carbons (Fsp3) is 0.200. The molecule has 0 heterocycles. The first-order valence-electron chi connectivity index (χ1n) is 4.05. The number of nitrogen functional groups attached to an aromatic ring is 1. The second-order valence-electron chi connectivity index (χ2n) is 2.86. The van der Waals surface area contributed by atoms with Gasteiger partial charge in [0.1, 0.15) is 0 Å². The van der Waals surface area contributed by atoms with Crippen molar-refractivity contribution < 1.29 is 0 Å². The summed E-state index contributed by atoms with van der Waals surface area (Å²) in [6, 6.07) is 3.68. The zero-order valence-corrected chi connectivity index (χ0v) is 8.36. The first-order chi connectivity index (χ1) is 6.15. The van der Waals surface area contributed by atoms with Crippen molar-refractivity contribution in [3.05, 3.63) is 35.4 Å². The standard InChI is InChI=1S/C10H13ClN2/c1-3-4-13-10-6-8(11)9(12)5-7(10)2/h3,5-6,13H,1,4,12H2,2H3. The molecule has 70 valence electrons. The molecular formula is C10H13ClN2. The minimum atomic E-state index is 0.581. The summed E-state index contributed by atoms with van der Waals surface area (Å²) in [6.45, 7) is 6.33. The van der Waals surface area contributed by atoms with E-state index in [2.05, 4.69) is 11.9 Å². The third kappa shape index (κ3) is 2.39. The van der Waals surface area contributed by atoms with Crippen LogP contribution in [-0.4, -0.2) is 6.54 Å². The van der Waals surface area contributed by atoms with Crippen molar-refractivity contribution >= 4 is 23.0 Å². The molecule has 13 heavy (non-hydrogen) atoms. The molecule has 0 unspecified atom stereocenters. The van der Waals surface area contributed by atoms with E-state index >= 15 is 0 Å². The van der Waals surface area contributed by atoms with Gasteiger partial charge in [-0.25, -0.2) is 0 Å². The molecule has 0 aliphatic rings. The van der Waals surface area contributed by atoms with Crippen molar-refractivity contribution in [1.29, 1.82) is 0 Å². The van der Waals surface area contributed by atoms with Crippen LogP contribution in [0.5, 0.6) is 0 Å². The van der Waals surface area contributed by atoms with Gasteiger partial charge in [-0.1, -0.05) is 17.7 Å². The van der Waals surface area contributed by atoms with Gasteiger partial charge in [-0.15, -0.1) is 6.58 Å². The molecule has 0 saturated heterocycles. The van der Waals surface area contributed by atoms with E-state index in [9.17, 15) is 0 Å². The van der Waals surface area contributed by atoms with Crippen LogP contribution in [0, 0.1) is 6.92 Å². The summed E-state index contributed by atoms with van der Waals surface area (Å²) >= 11 is 5.87. The summed E-state index contributed by atoms with van der Waals surface area (Å²) in [7, 11) is 0. The van der Waals surface area contributed by atoms with Gasteiger partial charge in [0.2, 0.25) is 0 Å². The van der Waals surface area contributed by atoms with E-state index in [1.165, 1.54) is 0 Å². The molecule has 0 saturated carbocycles. The number of rotatable bonds is 3. The predicted octanol–water partition coefficient (Wildman–Crippen LogP) is 2.83. The molecule has 0 amide bonds. The van der Waals surface area contributed by atoms with Crippen LogP contribution in [-0.2, 0) is 0 Å². The molecule has 1 rings (SSSR count). The van der Waals surface area contributed by atoms with Crippen molar-refractivity contribution in [2.45, 2.75) is 6.92 Å². The Morgan fingerprint density at radius 3 is 2.92 bits per heavy atom. The molecule has 1 aromatic carbocycles. The average molecular weight is 197 g/mol. The second kappa shape index (κ2) is 4.19. The van der Waals surface area contributed by atoms with E-state index < -0.39 is 0 Å². The Hall–Kier alpha value is -1.15. The van der Waals surface area contributed by atoms with Crippen LogP contribution in [0.1, 0.15) is 5.56 Å². The van der Waals surface area contributed by atoms with Crippen molar-refractivity contribution in [2.75, 3.05) is 17.6 Å². The first kappa shape index (κ1) is 9.93. The van der Waals surface area contributed by atoms with E-state index in [0.717, 1.165) is 17.8 Å². The molecule has 0 atom stereocenters. The summed E-state index contributed by atoms with van der Waals surface area (Å²) in [5.41, 5.74) is 8.34. The molecule has 3 N–H and O–H groups in total. The highest BCUT2D eigenvalue weighted by molar-refractivity contribution is 6.33. The Balaban J connectivity index is 2.94. The molecular weight excluding hydrogens is 184 g/mol. The van der Waals surface area contributed by atoms with Gasteiger partial charge in [-0.3, -0.25) is 0 Å². The van der Waals surface area contributed by atoms with Gasteiger partial charge >= 0.3 is 0 Å². The molecule has 0 aliphatic heterocycles. The maximum Gasteiger partial charge on any atom is 0.0656 e. The highest BCUT2D eigenvalue weighted by atomic mass is 35.5. The Kier molecular flexibility index (Phi) is 3.20. The van der Waals surface area contributed by atoms with E-state index in [1.54, 1.807) is 6.08 Å². The van der Waals surface area contributed by atoms with E-state index in [-0.39, 0.29) is 0 Å². The predicted molar refractivity (Wildman–Crippen MR) is 59.3 cm³/mol. The third-order valence-corrected chi connectivity index (χ3v) is 2.11. The second-order valence-corrected chi connectivity index (χ2v) is 3.27. The number of nitrogens with one attached hydrogen (secondary N) is 1. The summed E-state index contributed by atoms with van der Waals surface area (Å²) < 4.78 is 0. The Bertz CT molecular complexity index is 321. The van der Waals surface area contributed by atoms with Crippen LogP contribution < -0.4 is 11.1 Å². The van der Waals surface area contributed by atoms with Gasteiger partial charge in [0.05, 0.1) is 10.7 Å². The van der Waals surface area contributed by atoms with Crippen LogP contribution in [0.4, 0.5) is 11.4 Å². The van der Waals surface area contributed by atoms with Crippen LogP contribution in [0.2, 0.25) is 5.02 Å². The topological polar surface area (TPSA) is 38.0 Å². The molecule has 3 heteroatoms. The lowest BCUT2D eigenvalue weighted by Crippen LogP contribution is -2.00. The first-order valence-corrected chi connectivity index (χ1v) is 4.43. The van der Waals surface area contributed by atoms with E-state index in [0.29, 0.717) is 10.7 Å². The maximum atomic E-state index is 5.87. The number of hydrogen-bond acceptors (Lipinski definition) is 2. The normalized spacial score (nSPS) is 9.69. The molecule has 0 aliphatic carbocycles. The maximum absolute atomic E-state index is 5.87. The minimum absolute atomic E-state index is 0.581. The van der Waals surface area contributed by atoms with Gasteiger partial charge in [0.25, 0.3) is 0 Å². The zero-order chi connectivity index (χ0) is 9.84. The van der Waals surface area contributed by atoms with Gasteiger partial charge < -0.3 is 11.1 Å². The van der Waals surface area contributed by atoms with Gasteiger partial charge in [-0.05, 0) is 24.6 Å². The van der Waals surface area contributed by atoms with Gasteiger partial charge in [-0.2, -0.15) is 0 Å². The SMILES string of the molecule is C=CCNc1cc(Cl)c(N)cc1C. The smallest absolute Gasteiger partial charge is 0.0656 e. The molecule has 1 aromatic rings. The minimum Gasteiger partial charge on any atom is -0.398 e. The number of anilines is 2. The zero-order valence-electron chi connectivity index (χ0n) is 7.60. The fourth-order valence-electron chi connectivity index (χ4n) is 1.08. The lowest BCUT2D eigenvalue weighted by atomic mass is 10.2. The van der Waals surface area contributed by atoms with Gasteiger partial charge in [0.15, 0.2) is 0 Å². The van der Waals surface area contributed by atoms with Crippen molar-refractivity contribution in [3.63, 3.8) is 0 Å². The summed E-state index contributed by atoms with van der Waals surface area (Å²) in [5, 5.41) is 3.75. The molecule has 0 fully saturated rings. The Morgan fingerprint density at radius 1 is 1.62 bits per heavy atom. The molecule has 2 nitrogen and oxygen atoms in total. The summed E-state index contributed by atoms with van der Waals surface area (Å²) in [5.74, 6) is 0. The quantitative estimate of drug-likeness (QED) is 0.577. The van der Waals surface area contributed by atoms with Crippen LogP contribution in [0.25, 0.3) is 0 Å². The third-order valence-electron chi connectivity index (χ3n) is 1.78. The highest BCUT2D eigenvalue weighted by Crippen LogP contribution is 2.26. The number of benzene rings is 1. The monoisotopic (exact) mass is 196 g/mol. The molecule has 0 spiro atoms. The van der Waals surface area contributed by atoms with E-state index in [4.69, 9.17) is 17.3 Å². The number of aryl methyl sites for hydroxylation is 1. The Labute approximate surface area is 83.4 Å². The largest absolute Gasteiger partial charge is 0.398 e. The van der Waals surface area contributed by atoms with Crippen LogP contribution >= 0.6 is 11.6 Å². The molecule has 0 radical (unpaired) electrons. The van der Waals surface area contributed by atoms with Gasteiger partial charge in [0, 0.05) is 12.2 Å². The van der Waals surface area contributed by atoms with Crippen LogP contribution in [0.15, 0.2) is 24.8 Å². The van der Waals surface area contributed by atoms with Crippen molar-refractivity contribution in [3.8, 4) is 0 Å².